The minimum Gasteiger partial charge on any atom is -0.399 e. The van der Waals surface area contributed by atoms with Crippen LogP contribution in [0.15, 0.2) is 54.6 Å². The Labute approximate surface area is 112 Å². The van der Waals surface area contributed by atoms with Crippen LogP contribution in [0.2, 0.25) is 0 Å². The lowest BCUT2D eigenvalue weighted by atomic mass is 10.1. The van der Waals surface area contributed by atoms with Gasteiger partial charge in [-0.05, 0) is 36.8 Å². The van der Waals surface area contributed by atoms with Gasteiger partial charge in [-0.1, -0.05) is 35.9 Å². The minimum absolute atomic E-state index is 0.766. The highest BCUT2D eigenvalue weighted by atomic mass is 15.1. The van der Waals surface area contributed by atoms with Crippen molar-refractivity contribution in [3.63, 3.8) is 0 Å². The SMILES string of the molecule is Cc1cccc(-c2cc(-c3ccc(N)cc3)[nH]n2)c1. The lowest BCUT2D eigenvalue weighted by molar-refractivity contribution is 1.10. The van der Waals surface area contributed by atoms with E-state index in [1.165, 1.54) is 5.56 Å². The Bertz CT molecular complexity index is 696. The second kappa shape index (κ2) is 4.61. The van der Waals surface area contributed by atoms with E-state index in [1.807, 2.05) is 30.3 Å². The number of nitrogens with one attached hydrogen (secondary N) is 1. The molecule has 94 valence electrons. The summed E-state index contributed by atoms with van der Waals surface area (Å²) in [5, 5.41) is 7.44. The van der Waals surface area contributed by atoms with Crippen molar-refractivity contribution in [2.24, 2.45) is 0 Å². The van der Waals surface area contributed by atoms with Crippen LogP contribution in [0.1, 0.15) is 5.56 Å². The van der Waals surface area contributed by atoms with Crippen LogP contribution in [0, 0.1) is 6.92 Å². The van der Waals surface area contributed by atoms with Crippen molar-refractivity contribution in [3.05, 3.63) is 60.2 Å². The van der Waals surface area contributed by atoms with Crippen molar-refractivity contribution in [3.8, 4) is 22.5 Å². The first-order valence-corrected chi connectivity index (χ1v) is 6.21. The summed E-state index contributed by atoms with van der Waals surface area (Å²) in [4.78, 5) is 0. The molecule has 3 nitrogen and oxygen atoms in total. The summed E-state index contributed by atoms with van der Waals surface area (Å²) in [7, 11) is 0. The molecule has 3 aromatic rings. The van der Waals surface area contributed by atoms with Crippen molar-refractivity contribution in [1.82, 2.24) is 10.2 Å². The van der Waals surface area contributed by atoms with E-state index in [9.17, 15) is 0 Å². The van der Waals surface area contributed by atoms with Crippen LogP contribution < -0.4 is 5.73 Å². The van der Waals surface area contributed by atoms with Gasteiger partial charge < -0.3 is 5.73 Å². The third kappa shape index (κ3) is 2.36. The summed E-state index contributed by atoms with van der Waals surface area (Å²) >= 11 is 0. The number of nitrogens with zero attached hydrogens (tertiary/aromatic N) is 1. The Morgan fingerprint density at radius 3 is 2.47 bits per heavy atom. The molecule has 0 bridgehead atoms. The summed E-state index contributed by atoms with van der Waals surface area (Å²) in [6, 6.07) is 18.1. The van der Waals surface area contributed by atoms with E-state index in [0.717, 1.165) is 28.2 Å². The number of benzene rings is 2. The zero-order valence-corrected chi connectivity index (χ0v) is 10.7. The number of nitrogen functional groups attached to an aromatic ring is 1. The zero-order chi connectivity index (χ0) is 13.2. The van der Waals surface area contributed by atoms with Gasteiger partial charge in [0.2, 0.25) is 0 Å². The number of aromatic amines is 1. The largest absolute Gasteiger partial charge is 0.399 e. The molecule has 19 heavy (non-hydrogen) atoms. The van der Waals surface area contributed by atoms with Crippen molar-refractivity contribution in [2.45, 2.75) is 6.92 Å². The summed E-state index contributed by atoms with van der Waals surface area (Å²) in [6.07, 6.45) is 0. The molecule has 1 heterocycles. The Morgan fingerprint density at radius 2 is 1.74 bits per heavy atom. The van der Waals surface area contributed by atoms with Gasteiger partial charge in [0.05, 0.1) is 11.4 Å². The summed E-state index contributed by atoms with van der Waals surface area (Å²) in [5.41, 5.74) is 11.8. The lowest BCUT2D eigenvalue weighted by Crippen LogP contribution is -1.83. The van der Waals surface area contributed by atoms with E-state index < -0.39 is 0 Å². The maximum atomic E-state index is 5.69. The molecular formula is C16H15N3. The molecule has 2 aromatic carbocycles. The molecule has 0 amide bonds. The van der Waals surface area contributed by atoms with Crippen LogP contribution in [0.3, 0.4) is 0 Å². The molecule has 0 aliphatic heterocycles. The molecule has 0 radical (unpaired) electrons. The Morgan fingerprint density at radius 1 is 0.947 bits per heavy atom. The van der Waals surface area contributed by atoms with Gasteiger partial charge in [0.25, 0.3) is 0 Å². The van der Waals surface area contributed by atoms with Crippen LogP contribution >= 0.6 is 0 Å². The van der Waals surface area contributed by atoms with Crippen LogP contribution in [0.25, 0.3) is 22.5 Å². The number of H-pyrrole nitrogens is 1. The van der Waals surface area contributed by atoms with Gasteiger partial charge in [-0.15, -0.1) is 0 Å². The first-order valence-electron chi connectivity index (χ1n) is 6.21. The molecular weight excluding hydrogens is 234 g/mol. The maximum Gasteiger partial charge on any atom is 0.0927 e. The summed E-state index contributed by atoms with van der Waals surface area (Å²) in [5.74, 6) is 0. The molecule has 3 N–H and O–H groups in total. The molecule has 1 aromatic heterocycles. The quantitative estimate of drug-likeness (QED) is 0.681. The normalized spacial score (nSPS) is 10.6. The van der Waals surface area contributed by atoms with E-state index in [0.29, 0.717) is 0 Å². The van der Waals surface area contributed by atoms with Crippen molar-refractivity contribution in [1.29, 1.82) is 0 Å². The van der Waals surface area contributed by atoms with Crippen LogP contribution in [0.4, 0.5) is 5.69 Å². The Balaban J connectivity index is 1.97. The molecule has 0 saturated heterocycles. The highest BCUT2D eigenvalue weighted by Crippen LogP contribution is 2.24. The zero-order valence-electron chi connectivity index (χ0n) is 10.7. The number of aryl methyl sites for hydroxylation is 1. The molecule has 3 rings (SSSR count). The summed E-state index contributed by atoms with van der Waals surface area (Å²) in [6.45, 7) is 2.08. The van der Waals surface area contributed by atoms with Crippen molar-refractivity contribution < 1.29 is 0 Å². The molecule has 0 aliphatic rings. The third-order valence-electron chi connectivity index (χ3n) is 3.11. The average Bonchev–Trinajstić information content (AvgIpc) is 2.89. The number of hydrogen-bond acceptors (Lipinski definition) is 2. The van der Waals surface area contributed by atoms with Gasteiger partial charge in [-0.25, -0.2) is 0 Å². The fourth-order valence-corrected chi connectivity index (χ4v) is 2.08. The van der Waals surface area contributed by atoms with Crippen LogP contribution in [-0.4, -0.2) is 10.2 Å². The molecule has 0 saturated carbocycles. The molecule has 0 aliphatic carbocycles. The van der Waals surface area contributed by atoms with Crippen LogP contribution in [-0.2, 0) is 0 Å². The van der Waals surface area contributed by atoms with Crippen LogP contribution in [0.5, 0.6) is 0 Å². The second-order valence-corrected chi connectivity index (χ2v) is 4.66. The van der Waals surface area contributed by atoms with Gasteiger partial charge in [0, 0.05) is 11.3 Å². The Kier molecular flexibility index (Phi) is 2.80. The van der Waals surface area contributed by atoms with Gasteiger partial charge in [-0.2, -0.15) is 5.10 Å². The number of rotatable bonds is 2. The van der Waals surface area contributed by atoms with Gasteiger partial charge in [-0.3, -0.25) is 5.10 Å². The van der Waals surface area contributed by atoms with E-state index in [2.05, 4.69) is 41.4 Å². The standard InChI is InChI=1S/C16H15N3/c1-11-3-2-4-13(9-11)16-10-15(18-19-16)12-5-7-14(17)8-6-12/h2-10H,17H2,1H3,(H,18,19). The van der Waals surface area contributed by atoms with E-state index in [4.69, 9.17) is 5.73 Å². The smallest absolute Gasteiger partial charge is 0.0927 e. The Hall–Kier alpha value is -2.55. The fraction of sp³-hybridized carbons (Fsp3) is 0.0625. The first-order chi connectivity index (χ1) is 9.22. The monoisotopic (exact) mass is 249 g/mol. The number of nitrogens with two attached hydrogens (primary N) is 1. The maximum absolute atomic E-state index is 5.69. The van der Waals surface area contributed by atoms with Crippen molar-refractivity contribution in [2.75, 3.05) is 5.73 Å². The van der Waals surface area contributed by atoms with Gasteiger partial charge >= 0.3 is 0 Å². The minimum atomic E-state index is 0.766. The topological polar surface area (TPSA) is 54.7 Å². The predicted molar refractivity (Wildman–Crippen MR) is 78.6 cm³/mol. The highest BCUT2D eigenvalue weighted by Gasteiger charge is 2.05. The molecule has 0 spiro atoms. The average molecular weight is 249 g/mol. The lowest BCUT2D eigenvalue weighted by Gasteiger charge is -1.98. The molecule has 3 heteroatoms. The molecule has 0 fully saturated rings. The van der Waals surface area contributed by atoms with E-state index in [-0.39, 0.29) is 0 Å². The predicted octanol–water partition coefficient (Wildman–Crippen LogP) is 3.63. The number of hydrogen-bond donors (Lipinski definition) is 2. The molecule has 0 unspecified atom stereocenters. The van der Waals surface area contributed by atoms with E-state index in [1.54, 1.807) is 0 Å². The van der Waals surface area contributed by atoms with Gasteiger partial charge in [0.1, 0.15) is 0 Å². The second-order valence-electron chi connectivity index (χ2n) is 4.66. The number of anilines is 1. The fourth-order valence-electron chi connectivity index (χ4n) is 2.08. The highest BCUT2D eigenvalue weighted by molar-refractivity contribution is 5.69. The third-order valence-corrected chi connectivity index (χ3v) is 3.11. The first kappa shape index (κ1) is 11.5. The summed E-state index contributed by atoms with van der Waals surface area (Å²) < 4.78 is 0. The van der Waals surface area contributed by atoms with Gasteiger partial charge in [0.15, 0.2) is 0 Å². The molecule has 0 atom stereocenters. The van der Waals surface area contributed by atoms with Crippen molar-refractivity contribution >= 4 is 5.69 Å². The number of aromatic nitrogens is 2. The van der Waals surface area contributed by atoms with E-state index >= 15 is 0 Å².